The lowest BCUT2D eigenvalue weighted by atomic mass is 10.2. The van der Waals surface area contributed by atoms with Gasteiger partial charge in [0.05, 0.1) is 0 Å². The van der Waals surface area contributed by atoms with E-state index in [9.17, 15) is 0 Å². The van der Waals surface area contributed by atoms with Crippen molar-refractivity contribution < 1.29 is 15.0 Å². The van der Waals surface area contributed by atoms with E-state index in [4.69, 9.17) is 21.4 Å². The molecule has 0 aromatic carbocycles. The van der Waals surface area contributed by atoms with Crippen LogP contribution in [-0.4, -0.2) is 16.4 Å². The van der Waals surface area contributed by atoms with Gasteiger partial charge in [0.1, 0.15) is 0 Å². The number of rotatable bonds is 4. The summed E-state index contributed by atoms with van der Waals surface area (Å²) in [4.78, 5) is 8.56. The Morgan fingerprint density at radius 2 is 1.83 bits per heavy atom. The average molecular weight is 172 g/mol. The van der Waals surface area contributed by atoms with Gasteiger partial charge in [0.15, 0.2) is 0 Å². The predicted molar refractivity (Wildman–Crippen MR) is 48.2 cm³/mol. The maximum atomic E-state index is 8.56. The summed E-state index contributed by atoms with van der Waals surface area (Å²) in [5.41, 5.74) is 0. The first kappa shape index (κ1) is 13.4. The highest BCUT2D eigenvalue weighted by Crippen LogP contribution is 2.00. The van der Waals surface area contributed by atoms with Crippen molar-refractivity contribution in [2.24, 2.45) is 0 Å². The lowest BCUT2D eigenvalue weighted by Gasteiger charge is -1.90. The lowest BCUT2D eigenvalue weighted by Crippen LogP contribution is -1.81. The highest BCUT2D eigenvalue weighted by Gasteiger charge is 1.81. The Labute approximate surface area is 73.4 Å². The van der Waals surface area contributed by atoms with Gasteiger partial charge in [0.25, 0.3) is 0 Å². The smallest absolute Gasteiger partial charge is 0.450 e. The summed E-state index contributed by atoms with van der Waals surface area (Å²) in [5, 5.41) is 13.9. The van der Waals surface area contributed by atoms with Crippen molar-refractivity contribution in [3.63, 3.8) is 0 Å². The van der Waals surface area contributed by atoms with Gasteiger partial charge in [-0.05, 0) is 6.42 Å². The molecule has 0 aliphatic rings. The lowest BCUT2D eigenvalue weighted by molar-refractivity contribution is 0.137. The third kappa shape index (κ3) is 36.9. The molecule has 12 heavy (non-hydrogen) atoms. The number of terminal acetylenes is 1. The maximum absolute atomic E-state index is 8.56. The first-order valence-corrected chi connectivity index (χ1v) is 4.00. The molecule has 0 saturated heterocycles. The van der Waals surface area contributed by atoms with Gasteiger partial charge in [-0.2, -0.15) is 0 Å². The van der Waals surface area contributed by atoms with Crippen LogP contribution in [0.15, 0.2) is 0 Å². The normalized spacial score (nSPS) is 7.67. The SMILES string of the molecule is C#CCCCCCC.O=C(O)O. The molecule has 0 aliphatic carbocycles. The average Bonchev–Trinajstić information content (AvgIpc) is 1.97. The van der Waals surface area contributed by atoms with Gasteiger partial charge in [-0.25, -0.2) is 4.79 Å². The quantitative estimate of drug-likeness (QED) is 0.506. The molecule has 0 fully saturated rings. The Morgan fingerprint density at radius 3 is 2.17 bits per heavy atom. The zero-order chi connectivity index (χ0) is 9.82. The van der Waals surface area contributed by atoms with Crippen molar-refractivity contribution in [2.45, 2.75) is 39.0 Å². The Bertz CT molecular complexity index is 131. The van der Waals surface area contributed by atoms with Crippen LogP contribution in [0.5, 0.6) is 0 Å². The zero-order valence-electron chi connectivity index (χ0n) is 7.42. The minimum absolute atomic E-state index is 0.958. The van der Waals surface area contributed by atoms with E-state index >= 15 is 0 Å². The third-order valence-corrected chi connectivity index (χ3v) is 1.17. The summed E-state index contributed by atoms with van der Waals surface area (Å²) in [6.45, 7) is 2.20. The zero-order valence-corrected chi connectivity index (χ0v) is 7.42. The molecule has 0 aliphatic heterocycles. The van der Waals surface area contributed by atoms with Gasteiger partial charge in [0, 0.05) is 6.42 Å². The van der Waals surface area contributed by atoms with Crippen LogP contribution >= 0.6 is 0 Å². The second-order valence-corrected chi connectivity index (χ2v) is 2.30. The number of unbranched alkanes of at least 4 members (excludes halogenated alkanes) is 4. The molecule has 3 heteroatoms. The fourth-order valence-electron chi connectivity index (χ4n) is 0.654. The molecule has 0 bridgehead atoms. The first-order valence-electron chi connectivity index (χ1n) is 4.00. The molecular weight excluding hydrogens is 156 g/mol. The van der Waals surface area contributed by atoms with E-state index in [1.54, 1.807) is 0 Å². The van der Waals surface area contributed by atoms with Crippen LogP contribution in [0.1, 0.15) is 39.0 Å². The molecule has 0 heterocycles. The summed E-state index contributed by atoms with van der Waals surface area (Å²) in [7, 11) is 0. The molecule has 0 atom stereocenters. The van der Waals surface area contributed by atoms with Crippen LogP contribution in [0, 0.1) is 12.3 Å². The van der Waals surface area contributed by atoms with Crippen molar-refractivity contribution in [3.8, 4) is 12.3 Å². The van der Waals surface area contributed by atoms with E-state index in [0.29, 0.717) is 0 Å². The Kier molecular flexibility index (Phi) is 14.0. The third-order valence-electron chi connectivity index (χ3n) is 1.17. The number of carboxylic acid groups (broad SMARTS) is 2. The molecule has 70 valence electrons. The van der Waals surface area contributed by atoms with Gasteiger partial charge >= 0.3 is 6.16 Å². The van der Waals surface area contributed by atoms with Gasteiger partial charge in [0.2, 0.25) is 0 Å². The number of carbonyl (C=O) groups is 1. The monoisotopic (exact) mass is 172 g/mol. The summed E-state index contributed by atoms with van der Waals surface area (Å²) in [6, 6.07) is 0. The Hall–Kier alpha value is -1.17. The molecule has 0 radical (unpaired) electrons. The van der Waals surface area contributed by atoms with E-state index in [-0.39, 0.29) is 0 Å². The van der Waals surface area contributed by atoms with Crippen molar-refractivity contribution in [2.75, 3.05) is 0 Å². The van der Waals surface area contributed by atoms with Gasteiger partial charge < -0.3 is 10.2 Å². The van der Waals surface area contributed by atoms with Gasteiger partial charge in [-0.1, -0.05) is 26.2 Å². The highest BCUT2D eigenvalue weighted by molar-refractivity contribution is 5.53. The minimum atomic E-state index is -1.83. The highest BCUT2D eigenvalue weighted by atomic mass is 16.6. The number of hydrogen-bond acceptors (Lipinski definition) is 1. The van der Waals surface area contributed by atoms with Crippen molar-refractivity contribution in [3.05, 3.63) is 0 Å². The molecular formula is C9H16O3. The van der Waals surface area contributed by atoms with Crippen LogP contribution in [-0.2, 0) is 0 Å². The summed E-state index contributed by atoms with van der Waals surface area (Å²) < 4.78 is 0. The summed E-state index contributed by atoms with van der Waals surface area (Å²) in [5.74, 6) is 2.63. The second kappa shape index (κ2) is 12.5. The van der Waals surface area contributed by atoms with E-state index in [0.717, 1.165) is 6.42 Å². The van der Waals surface area contributed by atoms with Crippen LogP contribution in [0.25, 0.3) is 0 Å². The molecule has 0 unspecified atom stereocenters. The molecule has 0 amide bonds. The molecule has 0 aromatic heterocycles. The van der Waals surface area contributed by atoms with E-state index in [1.807, 2.05) is 0 Å². The maximum Gasteiger partial charge on any atom is 0.503 e. The van der Waals surface area contributed by atoms with Crippen LogP contribution < -0.4 is 0 Å². The molecule has 0 saturated carbocycles. The van der Waals surface area contributed by atoms with Crippen LogP contribution in [0.3, 0.4) is 0 Å². The Balaban J connectivity index is 0. The fraction of sp³-hybridized carbons (Fsp3) is 0.667. The topological polar surface area (TPSA) is 57.5 Å². The van der Waals surface area contributed by atoms with E-state index < -0.39 is 6.16 Å². The van der Waals surface area contributed by atoms with Gasteiger partial charge in [-0.3, -0.25) is 0 Å². The standard InChI is InChI=1S/C8H14.CH2O3/c1-3-5-7-8-6-4-2;2-1(3)4/h1H,4-8H2,2H3;(H2,2,3,4). The van der Waals surface area contributed by atoms with Crippen molar-refractivity contribution in [1.29, 1.82) is 0 Å². The predicted octanol–water partition coefficient (Wildman–Crippen LogP) is 2.81. The van der Waals surface area contributed by atoms with Crippen molar-refractivity contribution in [1.82, 2.24) is 0 Å². The summed E-state index contributed by atoms with van der Waals surface area (Å²) in [6.07, 6.45) is 9.34. The minimum Gasteiger partial charge on any atom is -0.450 e. The molecule has 2 N–H and O–H groups in total. The Morgan fingerprint density at radius 1 is 1.33 bits per heavy atom. The fourth-order valence-corrected chi connectivity index (χ4v) is 0.654. The molecule has 0 aromatic rings. The second-order valence-electron chi connectivity index (χ2n) is 2.30. The number of hydrogen-bond donors (Lipinski definition) is 2. The summed E-state index contributed by atoms with van der Waals surface area (Å²) >= 11 is 0. The van der Waals surface area contributed by atoms with Crippen molar-refractivity contribution >= 4 is 6.16 Å². The first-order chi connectivity index (χ1) is 5.65. The largest absolute Gasteiger partial charge is 0.503 e. The molecule has 0 spiro atoms. The van der Waals surface area contributed by atoms with Crippen LogP contribution in [0.2, 0.25) is 0 Å². The van der Waals surface area contributed by atoms with E-state index in [1.165, 1.54) is 25.7 Å². The van der Waals surface area contributed by atoms with Crippen LogP contribution in [0.4, 0.5) is 4.79 Å². The molecule has 0 rings (SSSR count). The van der Waals surface area contributed by atoms with E-state index in [2.05, 4.69) is 12.8 Å². The van der Waals surface area contributed by atoms with Gasteiger partial charge in [-0.15, -0.1) is 12.3 Å². The molecule has 3 nitrogen and oxygen atoms in total.